The fourth-order valence-electron chi connectivity index (χ4n) is 2.89. The van der Waals surface area contributed by atoms with Crippen molar-refractivity contribution in [3.05, 3.63) is 33.4 Å². The van der Waals surface area contributed by atoms with Gasteiger partial charge >= 0.3 is 6.18 Å². The van der Waals surface area contributed by atoms with Gasteiger partial charge in [-0.2, -0.15) is 13.2 Å². The Morgan fingerprint density at radius 3 is 1.33 bits per heavy atom. The van der Waals surface area contributed by atoms with Crippen LogP contribution in [0.3, 0.4) is 0 Å². The number of hydrogen-bond donors (Lipinski definition) is 0. The summed E-state index contributed by atoms with van der Waals surface area (Å²) in [6.45, 7) is 12.7. The van der Waals surface area contributed by atoms with Crippen LogP contribution in [-0.4, -0.2) is 0 Å². The first-order chi connectivity index (χ1) is 7.89. The van der Waals surface area contributed by atoms with Crippen LogP contribution < -0.4 is 0 Å². The SMILES string of the molecule is Cc1c(C)c(C(C)(C)C)c(C)c(C(F)(F)F)c1C. The van der Waals surface area contributed by atoms with E-state index in [4.69, 9.17) is 0 Å². The zero-order valence-electron chi connectivity index (χ0n) is 12.1. The molecule has 0 fully saturated rings. The van der Waals surface area contributed by atoms with E-state index in [9.17, 15) is 13.2 Å². The van der Waals surface area contributed by atoms with Gasteiger partial charge in [0.15, 0.2) is 0 Å². The number of halogens is 3. The minimum atomic E-state index is -4.29. The summed E-state index contributed by atoms with van der Waals surface area (Å²) in [6.07, 6.45) is -4.29. The highest BCUT2D eigenvalue weighted by molar-refractivity contribution is 5.53. The molecule has 0 unspecified atom stereocenters. The van der Waals surface area contributed by atoms with E-state index in [2.05, 4.69) is 0 Å². The summed E-state index contributed by atoms with van der Waals surface area (Å²) in [6, 6.07) is 0. The van der Waals surface area contributed by atoms with Crippen molar-refractivity contribution in [2.45, 2.75) is 60.1 Å². The van der Waals surface area contributed by atoms with Crippen LogP contribution >= 0.6 is 0 Å². The Morgan fingerprint density at radius 1 is 0.611 bits per heavy atom. The number of rotatable bonds is 0. The normalized spacial score (nSPS) is 13.0. The molecular formula is C15H21F3. The van der Waals surface area contributed by atoms with E-state index in [0.717, 1.165) is 16.7 Å². The van der Waals surface area contributed by atoms with Gasteiger partial charge in [0.2, 0.25) is 0 Å². The first-order valence-corrected chi connectivity index (χ1v) is 6.07. The monoisotopic (exact) mass is 258 g/mol. The molecule has 0 heterocycles. The van der Waals surface area contributed by atoms with Crippen molar-refractivity contribution < 1.29 is 13.2 Å². The third-order valence-electron chi connectivity index (χ3n) is 3.66. The lowest BCUT2D eigenvalue weighted by molar-refractivity contribution is -0.138. The number of benzene rings is 1. The zero-order chi connectivity index (χ0) is 14.5. The summed E-state index contributed by atoms with van der Waals surface area (Å²) >= 11 is 0. The van der Waals surface area contributed by atoms with Crippen molar-refractivity contribution in [1.29, 1.82) is 0 Å². The molecule has 0 aliphatic heterocycles. The molecule has 0 N–H and O–H groups in total. The van der Waals surface area contributed by atoms with Gasteiger partial charge in [-0.1, -0.05) is 20.8 Å². The Bertz CT molecular complexity index is 433. The molecule has 0 saturated carbocycles. The van der Waals surface area contributed by atoms with Crippen LogP contribution in [0.5, 0.6) is 0 Å². The third-order valence-corrected chi connectivity index (χ3v) is 3.66. The Labute approximate surface area is 107 Å². The second-order valence-corrected chi connectivity index (χ2v) is 6.00. The predicted octanol–water partition coefficient (Wildman–Crippen LogP) is 5.24. The Kier molecular flexibility index (Phi) is 3.59. The van der Waals surface area contributed by atoms with Crippen molar-refractivity contribution in [1.82, 2.24) is 0 Å². The Balaban J connectivity index is 3.83. The largest absolute Gasteiger partial charge is 0.416 e. The standard InChI is InChI=1S/C15H21F3/c1-8-9(2)12(14(5,6)7)11(4)13(10(8)3)15(16,17)18/h1-7H3. The number of hydrogen-bond acceptors (Lipinski definition) is 0. The van der Waals surface area contributed by atoms with Gasteiger partial charge in [-0.05, 0) is 60.9 Å². The molecule has 0 bridgehead atoms. The van der Waals surface area contributed by atoms with E-state index in [1.165, 1.54) is 0 Å². The van der Waals surface area contributed by atoms with E-state index >= 15 is 0 Å². The molecule has 102 valence electrons. The Morgan fingerprint density at radius 2 is 1.00 bits per heavy atom. The van der Waals surface area contributed by atoms with Gasteiger partial charge in [0, 0.05) is 0 Å². The van der Waals surface area contributed by atoms with Crippen LogP contribution in [0.25, 0.3) is 0 Å². The highest BCUT2D eigenvalue weighted by atomic mass is 19.4. The van der Waals surface area contributed by atoms with Crippen molar-refractivity contribution in [3.63, 3.8) is 0 Å². The van der Waals surface area contributed by atoms with Crippen LogP contribution in [0.2, 0.25) is 0 Å². The smallest absolute Gasteiger partial charge is 0.166 e. The summed E-state index contributed by atoms with van der Waals surface area (Å²) in [5.41, 5.74) is 2.52. The number of alkyl halides is 3. The lowest BCUT2D eigenvalue weighted by Gasteiger charge is -2.29. The molecule has 0 spiro atoms. The quantitative estimate of drug-likeness (QED) is 0.597. The maximum atomic E-state index is 13.2. The topological polar surface area (TPSA) is 0 Å². The predicted molar refractivity (Wildman–Crippen MR) is 69.1 cm³/mol. The summed E-state index contributed by atoms with van der Waals surface area (Å²) in [7, 11) is 0. The maximum Gasteiger partial charge on any atom is 0.416 e. The molecule has 1 aromatic carbocycles. The second kappa shape index (κ2) is 4.29. The minimum Gasteiger partial charge on any atom is -0.166 e. The van der Waals surface area contributed by atoms with Crippen molar-refractivity contribution in [2.24, 2.45) is 0 Å². The summed E-state index contributed by atoms with van der Waals surface area (Å²) < 4.78 is 39.6. The van der Waals surface area contributed by atoms with E-state index in [0.29, 0.717) is 11.1 Å². The van der Waals surface area contributed by atoms with Gasteiger partial charge in [0.25, 0.3) is 0 Å². The summed E-state index contributed by atoms with van der Waals surface area (Å²) in [4.78, 5) is 0. The van der Waals surface area contributed by atoms with Crippen LogP contribution in [0.15, 0.2) is 0 Å². The van der Waals surface area contributed by atoms with Crippen LogP contribution in [0.1, 0.15) is 54.2 Å². The molecule has 0 nitrogen and oxygen atoms in total. The molecule has 1 aromatic rings. The molecule has 0 aromatic heterocycles. The molecule has 0 aliphatic rings. The van der Waals surface area contributed by atoms with Crippen molar-refractivity contribution in [2.75, 3.05) is 0 Å². The highest BCUT2D eigenvalue weighted by Crippen LogP contribution is 2.41. The van der Waals surface area contributed by atoms with Gasteiger partial charge in [0.1, 0.15) is 0 Å². The molecule has 1 rings (SSSR count). The van der Waals surface area contributed by atoms with Gasteiger partial charge in [-0.25, -0.2) is 0 Å². The molecule has 0 atom stereocenters. The van der Waals surface area contributed by atoms with Crippen molar-refractivity contribution in [3.8, 4) is 0 Å². The van der Waals surface area contributed by atoms with E-state index in [1.54, 1.807) is 20.8 Å². The lowest BCUT2D eigenvalue weighted by atomic mass is 9.76. The molecule has 0 radical (unpaired) electrons. The highest BCUT2D eigenvalue weighted by Gasteiger charge is 2.37. The van der Waals surface area contributed by atoms with E-state index in [1.807, 2.05) is 27.7 Å². The summed E-state index contributed by atoms with van der Waals surface area (Å²) in [5.74, 6) is 0. The molecule has 18 heavy (non-hydrogen) atoms. The molecular weight excluding hydrogens is 237 g/mol. The van der Waals surface area contributed by atoms with Gasteiger partial charge in [-0.15, -0.1) is 0 Å². The summed E-state index contributed by atoms with van der Waals surface area (Å²) in [5, 5.41) is 0. The fraction of sp³-hybridized carbons (Fsp3) is 0.600. The molecule has 0 aliphatic carbocycles. The molecule has 0 amide bonds. The van der Waals surface area contributed by atoms with Gasteiger partial charge in [0.05, 0.1) is 5.56 Å². The van der Waals surface area contributed by atoms with E-state index < -0.39 is 11.7 Å². The average Bonchev–Trinajstić information content (AvgIpc) is 2.09. The van der Waals surface area contributed by atoms with Crippen LogP contribution in [-0.2, 0) is 11.6 Å². The van der Waals surface area contributed by atoms with Crippen molar-refractivity contribution >= 4 is 0 Å². The Hall–Kier alpha value is -0.990. The second-order valence-electron chi connectivity index (χ2n) is 6.00. The van der Waals surface area contributed by atoms with Crippen LogP contribution in [0.4, 0.5) is 13.2 Å². The lowest BCUT2D eigenvalue weighted by Crippen LogP contribution is -2.21. The van der Waals surface area contributed by atoms with Gasteiger partial charge in [-0.3, -0.25) is 0 Å². The third kappa shape index (κ3) is 2.40. The first-order valence-electron chi connectivity index (χ1n) is 6.07. The van der Waals surface area contributed by atoms with E-state index in [-0.39, 0.29) is 5.41 Å². The minimum absolute atomic E-state index is 0.285. The fourth-order valence-corrected chi connectivity index (χ4v) is 2.89. The molecule has 3 heteroatoms. The van der Waals surface area contributed by atoms with Gasteiger partial charge < -0.3 is 0 Å². The zero-order valence-corrected chi connectivity index (χ0v) is 12.1. The molecule has 0 saturated heterocycles. The van der Waals surface area contributed by atoms with Crippen LogP contribution in [0, 0.1) is 27.7 Å². The average molecular weight is 258 g/mol. The first kappa shape index (κ1) is 15.1. The maximum absolute atomic E-state index is 13.2.